The Balaban J connectivity index is 1.97. The van der Waals surface area contributed by atoms with Gasteiger partial charge in [0.25, 0.3) is 0 Å². The van der Waals surface area contributed by atoms with Crippen molar-refractivity contribution in [3.63, 3.8) is 0 Å². The van der Waals surface area contributed by atoms with Crippen molar-refractivity contribution in [2.75, 3.05) is 5.32 Å². The van der Waals surface area contributed by atoms with Crippen LogP contribution in [0.25, 0.3) is 0 Å². The van der Waals surface area contributed by atoms with Gasteiger partial charge in [-0.15, -0.1) is 11.3 Å². The molecule has 0 spiro atoms. The second-order valence-electron chi connectivity index (χ2n) is 4.49. The summed E-state index contributed by atoms with van der Waals surface area (Å²) in [6.45, 7) is 0. The molecule has 2 heterocycles. The van der Waals surface area contributed by atoms with Crippen LogP contribution in [0.15, 0.2) is 31.8 Å². The van der Waals surface area contributed by atoms with E-state index in [0.717, 1.165) is 18.8 Å². The number of thiophene rings is 1. The number of amides is 1. The molecule has 0 saturated carbocycles. The van der Waals surface area contributed by atoms with Crippen molar-refractivity contribution in [1.29, 1.82) is 0 Å². The van der Waals surface area contributed by atoms with E-state index in [-0.39, 0.29) is 11.7 Å². The highest BCUT2D eigenvalue weighted by Gasteiger charge is 2.19. The first-order chi connectivity index (χ1) is 9.54. The predicted molar refractivity (Wildman–Crippen MR) is 86.5 cm³/mol. The number of carbonyl (C=O) groups excluding carboxylic acids is 2. The number of aryl methyl sites for hydroxylation is 1. The van der Waals surface area contributed by atoms with Crippen LogP contribution < -0.4 is 5.32 Å². The molecule has 0 fully saturated rings. The number of hydrogen-bond acceptors (Lipinski definition) is 3. The molecule has 0 atom stereocenters. The van der Waals surface area contributed by atoms with Crippen LogP contribution in [0.5, 0.6) is 0 Å². The van der Waals surface area contributed by atoms with Crippen molar-refractivity contribution in [3.05, 3.63) is 48.5 Å². The minimum atomic E-state index is -0.0153. The number of ketones is 1. The summed E-state index contributed by atoms with van der Waals surface area (Å²) in [7, 11) is 0. The van der Waals surface area contributed by atoms with Gasteiger partial charge in [0.1, 0.15) is 0 Å². The number of benzene rings is 1. The van der Waals surface area contributed by atoms with E-state index >= 15 is 0 Å². The summed E-state index contributed by atoms with van der Waals surface area (Å²) in [5.41, 5.74) is 3.12. The monoisotopic (exact) mass is 413 g/mol. The van der Waals surface area contributed by atoms with Crippen LogP contribution in [0.1, 0.15) is 27.9 Å². The number of halogens is 2. The highest BCUT2D eigenvalue weighted by molar-refractivity contribution is 9.12. The Morgan fingerprint density at radius 1 is 1.20 bits per heavy atom. The largest absolute Gasteiger partial charge is 0.326 e. The molecule has 1 aliphatic heterocycles. The van der Waals surface area contributed by atoms with Crippen molar-refractivity contribution in [3.8, 4) is 0 Å². The average molecular weight is 415 g/mol. The van der Waals surface area contributed by atoms with Gasteiger partial charge in [-0.2, -0.15) is 0 Å². The lowest BCUT2D eigenvalue weighted by atomic mass is 9.97. The van der Waals surface area contributed by atoms with E-state index in [9.17, 15) is 9.59 Å². The van der Waals surface area contributed by atoms with Crippen molar-refractivity contribution in [2.45, 2.75) is 12.8 Å². The smallest absolute Gasteiger partial charge is 0.224 e. The Bertz CT molecular complexity index is 724. The summed E-state index contributed by atoms with van der Waals surface area (Å²) in [6, 6.07) is 7.24. The van der Waals surface area contributed by atoms with Crippen LogP contribution in [0.2, 0.25) is 0 Å². The molecule has 0 bridgehead atoms. The zero-order valence-electron chi connectivity index (χ0n) is 10.2. The molecule has 1 aliphatic rings. The van der Waals surface area contributed by atoms with Crippen LogP contribution >= 0.6 is 43.2 Å². The number of nitrogens with one attached hydrogen (secondary N) is 1. The fourth-order valence-corrected chi connectivity index (χ4v) is 4.97. The van der Waals surface area contributed by atoms with Gasteiger partial charge >= 0.3 is 0 Å². The first kappa shape index (κ1) is 14.0. The van der Waals surface area contributed by atoms with Crippen molar-refractivity contribution in [1.82, 2.24) is 0 Å². The molecular formula is C14H9Br2NO2S. The van der Waals surface area contributed by atoms with Crippen LogP contribution in [-0.4, -0.2) is 11.7 Å². The van der Waals surface area contributed by atoms with E-state index in [0.29, 0.717) is 24.0 Å². The van der Waals surface area contributed by atoms with Crippen molar-refractivity contribution >= 4 is 60.6 Å². The van der Waals surface area contributed by atoms with E-state index < -0.39 is 0 Å². The molecule has 1 N–H and O–H groups in total. The highest BCUT2D eigenvalue weighted by atomic mass is 79.9. The standard InChI is InChI=1S/C14H9Br2NO2S/c15-11-6-9(14(16)20-11)13(19)8-1-3-10-7(5-8)2-4-12(18)17-10/h1,3,5-6H,2,4H2,(H,17,18). The lowest BCUT2D eigenvalue weighted by Crippen LogP contribution is -2.19. The summed E-state index contributed by atoms with van der Waals surface area (Å²) in [4.78, 5) is 23.8. The van der Waals surface area contributed by atoms with Crippen LogP contribution in [0.4, 0.5) is 5.69 Å². The summed E-state index contributed by atoms with van der Waals surface area (Å²) in [5.74, 6) is 0.0135. The fourth-order valence-electron chi connectivity index (χ4n) is 2.18. The quantitative estimate of drug-likeness (QED) is 0.740. The molecular weight excluding hydrogens is 406 g/mol. The molecule has 3 rings (SSSR count). The molecule has 1 aromatic heterocycles. The van der Waals surface area contributed by atoms with Crippen LogP contribution in [-0.2, 0) is 11.2 Å². The van der Waals surface area contributed by atoms with E-state index in [4.69, 9.17) is 0 Å². The Kier molecular flexibility index (Phi) is 3.79. The molecule has 102 valence electrons. The SMILES string of the molecule is O=C1CCc2cc(C(=O)c3cc(Br)sc3Br)ccc2N1. The second kappa shape index (κ2) is 5.42. The summed E-state index contributed by atoms with van der Waals surface area (Å²) >= 11 is 8.26. The number of anilines is 1. The fraction of sp³-hybridized carbons (Fsp3) is 0.143. The maximum absolute atomic E-state index is 12.5. The Hall–Kier alpha value is -0.980. The van der Waals surface area contributed by atoms with Gasteiger partial charge in [0.15, 0.2) is 5.78 Å². The molecule has 0 unspecified atom stereocenters. The highest BCUT2D eigenvalue weighted by Crippen LogP contribution is 2.34. The molecule has 6 heteroatoms. The van der Waals surface area contributed by atoms with Crippen molar-refractivity contribution in [2.24, 2.45) is 0 Å². The van der Waals surface area contributed by atoms with E-state index in [2.05, 4.69) is 37.2 Å². The summed E-state index contributed by atoms with van der Waals surface area (Å²) < 4.78 is 1.73. The van der Waals surface area contributed by atoms with E-state index in [1.54, 1.807) is 12.1 Å². The lowest BCUT2D eigenvalue weighted by Gasteiger charge is -2.17. The third kappa shape index (κ3) is 2.60. The van der Waals surface area contributed by atoms with Gasteiger partial charge in [-0.05, 0) is 68.1 Å². The van der Waals surface area contributed by atoms with Gasteiger partial charge in [-0.3, -0.25) is 9.59 Å². The normalized spacial score (nSPS) is 13.8. The molecule has 0 radical (unpaired) electrons. The third-order valence-electron chi connectivity index (χ3n) is 3.16. The van der Waals surface area contributed by atoms with Gasteiger partial charge in [-0.1, -0.05) is 0 Å². The Morgan fingerprint density at radius 2 is 2.00 bits per heavy atom. The van der Waals surface area contributed by atoms with Gasteiger partial charge in [0, 0.05) is 23.2 Å². The number of carbonyl (C=O) groups is 2. The van der Waals surface area contributed by atoms with E-state index in [1.165, 1.54) is 11.3 Å². The van der Waals surface area contributed by atoms with Gasteiger partial charge in [0.2, 0.25) is 5.91 Å². The van der Waals surface area contributed by atoms with Crippen LogP contribution in [0.3, 0.4) is 0 Å². The second-order valence-corrected chi connectivity index (χ2v) is 8.24. The molecule has 1 amide bonds. The first-order valence-electron chi connectivity index (χ1n) is 5.97. The summed E-state index contributed by atoms with van der Waals surface area (Å²) in [5, 5.41) is 2.82. The topological polar surface area (TPSA) is 46.2 Å². The number of fused-ring (bicyclic) bond motifs is 1. The average Bonchev–Trinajstić information content (AvgIpc) is 2.76. The predicted octanol–water partition coefficient (Wildman–Crippen LogP) is 4.39. The Morgan fingerprint density at radius 3 is 2.70 bits per heavy atom. The van der Waals surface area contributed by atoms with Crippen molar-refractivity contribution < 1.29 is 9.59 Å². The first-order valence-corrected chi connectivity index (χ1v) is 8.37. The van der Waals surface area contributed by atoms with Gasteiger partial charge in [-0.25, -0.2) is 0 Å². The van der Waals surface area contributed by atoms with Crippen LogP contribution in [0, 0.1) is 0 Å². The summed E-state index contributed by atoms with van der Waals surface area (Å²) in [6.07, 6.45) is 1.15. The third-order valence-corrected chi connectivity index (χ3v) is 5.50. The maximum Gasteiger partial charge on any atom is 0.224 e. The Labute approximate surface area is 136 Å². The maximum atomic E-state index is 12.5. The minimum Gasteiger partial charge on any atom is -0.326 e. The lowest BCUT2D eigenvalue weighted by molar-refractivity contribution is -0.116. The van der Waals surface area contributed by atoms with Gasteiger partial charge in [0.05, 0.1) is 7.57 Å². The minimum absolute atomic E-state index is 0.0153. The van der Waals surface area contributed by atoms with Gasteiger partial charge < -0.3 is 5.32 Å². The number of rotatable bonds is 2. The molecule has 3 nitrogen and oxygen atoms in total. The molecule has 0 saturated heterocycles. The molecule has 1 aromatic carbocycles. The molecule has 20 heavy (non-hydrogen) atoms. The molecule has 2 aromatic rings. The van der Waals surface area contributed by atoms with E-state index in [1.807, 2.05) is 12.1 Å². The zero-order chi connectivity index (χ0) is 14.3. The number of hydrogen-bond donors (Lipinski definition) is 1. The zero-order valence-corrected chi connectivity index (χ0v) is 14.2. The molecule has 0 aliphatic carbocycles.